The number of fused-ring (bicyclic) bond motifs is 1. The van der Waals surface area contributed by atoms with Crippen LogP contribution in [0, 0.1) is 0 Å². The lowest BCUT2D eigenvalue weighted by molar-refractivity contribution is -0.146. The lowest BCUT2D eigenvalue weighted by atomic mass is 9.99. The van der Waals surface area contributed by atoms with E-state index in [1.807, 2.05) is 6.07 Å². The Morgan fingerprint density at radius 2 is 2.05 bits per heavy atom. The van der Waals surface area contributed by atoms with E-state index in [9.17, 15) is 14.7 Å². The van der Waals surface area contributed by atoms with Crippen molar-refractivity contribution in [1.29, 1.82) is 0 Å². The van der Waals surface area contributed by atoms with Crippen LogP contribution >= 0.6 is 0 Å². The Morgan fingerprint density at radius 3 is 2.79 bits per heavy atom. The summed E-state index contributed by atoms with van der Waals surface area (Å²) in [6.07, 6.45) is 0.723. The van der Waals surface area contributed by atoms with Crippen LogP contribution in [-0.2, 0) is 27.3 Å². The lowest BCUT2D eigenvalue weighted by Gasteiger charge is -2.28. The highest BCUT2D eigenvalue weighted by atomic mass is 16.5. The van der Waals surface area contributed by atoms with Crippen LogP contribution in [0.25, 0.3) is 0 Å². The first-order valence-electron chi connectivity index (χ1n) is 5.94. The monoisotopic (exact) mass is 265 g/mol. The van der Waals surface area contributed by atoms with Gasteiger partial charge < -0.3 is 19.8 Å². The van der Waals surface area contributed by atoms with Crippen LogP contribution in [0.3, 0.4) is 0 Å². The largest absolute Gasteiger partial charge is 0.508 e. The third-order valence-corrected chi connectivity index (χ3v) is 3.01. The van der Waals surface area contributed by atoms with E-state index in [0.29, 0.717) is 13.1 Å². The van der Waals surface area contributed by atoms with Crippen LogP contribution in [0.2, 0.25) is 0 Å². The van der Waals surface area contributed by atoms with Crippen molar-refractivity contribution in [2.45, 2.75) is 13.0 Å². The summed E-state index contributed by atoms with van der Waals surface area (Å²) in [4.78, 5) is 23.7. The van der Waals surface area contributed by atoms with Crippen molar-refractivity contribution in [1.82, 2.24) is 4.90 Å². The zero-order valence-corrected chi connectivity index (χ0v) is 10.3. The number of nitrogens with zero attached hydrogens (tertiary/aromatic N) is 1. The molecule has 2 rings (SSSR count). The highest BCUT2D eigenvalue weighted by Crippen LogP contribution is 2.23. The molecule has 0 saturated heterocycles. The molecule has 6 nitrogen and oxygen atoms in total. The first kappa shape index (κ1) is 13.4. The number of phenolic OH excluding ortho intramolecular Hbond substituents is 1. The predicted molar refractivity (Wildman–Crippen MR) is 65.7 cm³/mol. The maximum atomic E-state index is 11.8. The number of ether oxygens (including phenoxy) is 1. The molecule has 102 valence electrons. The number of carboxylic acid groups (broad SMARTS) is 1. The maximum absolute atomic E-state index is 11.8. The van der Waals surface area contributed by atoms with Crippen LogP contribution in [0.15, 0.2) is 18.2 Å². The van der Waals surface area contributed by atoms with E-state index in [1.165, 1.54) is 0 Å². The van der Waals surface area contributed by atoms with Gasteiger partial charge in [-0.1, -0.05) is 6.07 Å². The van der Waals surface area contributed by atoms with Gasteiger partial charge in [-0.15, -0.1) is 0 Å². The Morgan fingerprint density at radius 1 is 1.26 bits per heavy atom. The third-order valence-electron chi connectivity index (χ3n) is 3.01. The van der Waals surface area contributed by atoms with E-state index in [-0.39, 0.29) is 18.3 Å². The number of phenols is 1. The minimum Gasteiger partial charge on any atom is -0.508 e. The second-order valence-electron chi connectivity index (χ2n) is 4.40. The smallest absolute Gasteiger partial charge is 0.329 e. The molecule has 0 atom stereocenters. The van der Waals surface area contributed by atoms with Gasteiger partial charge in [0.05, 0.1) is 0 Å². The molecule has 1 heterocycles. The maximum Gasteiger partial charge on any atom is 0.329 e. The molecular formula is C13H15NO5. The van der Waals surface area contributed by atoms with E-state index in [0.717, 1.165) is 17.5 Å². The number of carbonyl (C=O) groups excluding carboxylic acids is 1. The molecule has 1 aromatic rings. The molecule has 1 amide bonds. The Labute approximate surface area is 110 Å². The van der Waals surface area contributed by atoms with Crippen molar-refractivity contribution in [2.75, 3.05) is 19.8 Å². The Hall–Kier alpha value is -2.08. The third kappa shape index (κ3) is 3.45. The van der Waals surface area contributed by atoms with Crippen molar-refractivity contribution >= 4 is 11.9 Å². The van der Waals surface area contributed by atoms with Crippen molar-refractivity contribution < 1.29 is 24.5 Å². The van der Waals surface area contributed by atoms with Gasteiger partial charge in [0, 0.05) is 13.1 Å². The summed E-state index contributed by atoms with van der Waals surface area (Å²) in [5.41, 5.74) is 2.03. The summed E-state index contributed by atoms with van der Waals surface area (Å²) in [5.74, 6) is -1.16. The fourth-order valence-electron chi connectivity index (χ4n) is 2.07. The zero-order chi connectivity index (χ0) is 13.8. The van der Waals surface area contributed by atoms with Crippen molar-refractivity contribution in [3.05, 3.63) is 29.3 Å². The van der Waals surface area contributed by atoms with Gasteiger partial charge in [-0.2, -0.15) is 0 Å². The summed E-state index contributed by atoms with van der Waals surface area (Å²) in [6.45, 7) is 0.281. The molecule has 0 fully saturated rings. The van der Waals surface area contributed by atoms with E-state index < -0.39 is 12.6 Å². The molecule has 1 aromatic carbocycles. The standard InChI is InChI=1S/C13H15NO5/c15-11-2-1-9-3-4-14(6-10(9)5-11)12(16)7-19-8-13(17)18/h1-2,5,15H,3-4,6-8H2,(H,17,18). The highest BCUT2D eigenvalue weighted by Gasteiger charge is 2.21. The van der Waals surface area contributed by atoms with Gasteiger partial charge in [0.25, 0.3) is 0 Å². The van der Waals surface area contributed by atoms with Crippen LogP contribution in [0.1, 0.15) is 11.1 Å². The molecule has 0 aliphatic carbocycles. The summed E-state index contributed by atoms with van der Waals surface area (Å²) in [7, 11) is 0. The molecule has 0 aromatic heterocycles. The van der Waals surface area contributed by atoms with Gasteiger partial charge in [-0.05, 0) is 29.7 Å². The van der Waals surface area contributed by atoms with Crippen LogP contribution in [0.5, 0.6) is 5.75 Å². The number of rotatable bonds is 4. The molecule has 0 saturated carbocycles. The van der Waals surface area contributed by atoms with E-state index in [1.54, 1.807) is 17.0 Å². The zero-order valence-electron chi connectivity index (χ0n) is 10.3. The molecule has 0 unspecified atom stereocenters. The molecule has 1 aliphatic rings. The minimum absolute atomic E-state index is 0.176. The average molecular weight is 265 g/mol. The van der Waals surface area contributed by atoms with Crippen LogP contribution in [0.4, 0.5) is 0 Å². The Kier molecular flexibility index (Phi) is 4.01. The van der Waals surface area contributed by atoms with Gasteiger partial charge in [-0.3, -0.25) is 4.79 Å². The molecule has 0 spiro atoms. The fourth-order valence-corrected chi connectivity index (χ4v) is 2.07. The highest BCUT2D eigenvalue weighted by molar-refractivity contribution is 5.78. The minimum atomic E-state index is -1.10. The SMILES string of the molecule is O=C(O)COCC(=O)N1CCc2ccc(O)cc2C1. The normalized spacial score (nSPS) is 14.0. The molecule has 2 N–H and O–H groups in total. The van der Waals surface area contributed by atoms with E-state index in [2.05, 4.69) is 0 Å². The number of amides is 1. The van der Waals surface area contributed by atoms with Gasteiger partial charge in [0.15, 0.2) is 0 Å². The van der Waals surface area contributed by atoms with E-state index in [4.69, 9.17) is 9.84 Å². The van der Waals surface area contributed by atoms with Gasteiger partial charge in [0.2, 0.25) is 5.91 Å². The topological polar surface area (TPSA) is 87.1 Å². The molecule has 1 aliphatic heterocycles. The van der Waals surface area contributed by atoms with Crippen molar-refractivity contribution in [3.8, 4) is 5.75 Å². The van der Waals surface area contributed by atoms with Crippen molar-refractivity contribution in [2.24, 2.45) is 0 Å². The Bertz CT molecular complexity index is 500. The predicted octanol–water partition coefficient (Wildman–Crippen LogP) is 0.378. The summed E-state index contributed by atoms with van der Waals surface area (Å²) in [6, 6.07) is 5.13. The molecule has 0 radical (unpaired) electrons. The second-order valence-corrected chi connectivity index (χ2v) is 4.40. The van der Waals surface area contributed by atoms with Crippen LogP contribution in [-0.4, -0.2) is 46.7 Å². The number of carboxylic acids is 1. The van der Waals surface area contributed by atoms with Crippen molar-refractivity contribution in [3.63, 3.8) is 0 Å². The van der Waals surface area contributed by atoms with Gasteiger partial charge in [0.1, 0.15) is 19.0 Å². The number of aromatic hydroxyl groups is 1. The molecule has 19 heavy (non-hydrogen) atoms. The van der Waals surface area contributed by atoms with Gasteiger partial charge in [-0.25, -0.2) is 4.79 Å². The quantitative estimate of drug-likeness (QED) is 0.821. The summed E-state index contributed by atoms with van der Waals surface area (Å²) in [5, 5.41) is 17.8. The Balaban J connectivity index is 1.93. The number of hydrogen-bond acceptors (Lipinski definition) is 4. The fraction of sp³-hybridized carbons (Fsp3) is 0.385. The first-order chi connectivity index (χ1) is 9.06. The molecule has 0 bridgehead atoms. The van der Waals surface area contributed by atoms with E-state index >= 15 is 0 Å². The lowest BCUT2D eigenvalue weighted by Crippen LogP contribution is -2.38. The summed E-state index contributed by atoms with van der Waals surface area (Å²) >= 11 is 0. The molecular weight excluding hydrogens is 250 g/mol. The first-order valence-corrected chi connectivity index (χ1v) is 5.94. The summed E-state index contributed by atoms with van der Waals surface area (Å²) < 4.78 is 4.78. The van der Waals surface area contributed by atoms with Crippen LogP contribution < -0.4 is 0 Å². The number of carbonyl (C=O) groups is 2. The average Bonchev–Trinajstić information content (AvgIpc) is 2.37. The molecule has 6 heteroatoms. The number of hydrogen-bond donors (Lipinski definition) is 2. The second kappa shape index (κ2) is 5.71. The van der Waals surface area contributed by atoms with Gasteiger partial charge >= 0.3 is 5.97 Å². The number of aliphatic carboxylic acids is 1. The number of benzene rings is 1.